The van der Waals surface area contributed by atoms with Crippen molar-refractivity contribution in [2.24, 2.45) is 10.8 Å². The largest absolute Gasteiger partial charge is 0.479 e. The fourth-order valence-corrected chi connectivity index (χ4v) is 8.55. The van der Waals surface area contributed by atoms with Crippen LogP contribution in [0.25, 0.3) is 11.1 Å². The predicted octanol–water partition coefficient (Wildman–Crippen LogP) is 9.77. The molecule has 1 N–H and O–H groups in total. The summed E-state index contributed by atoms with van der Waals surface area (Å²) in [6.45, 7) is 26.5. The third kappa shape index (κ3) is 8.86. The molecule has 0 saturated carbocycles. The normalized spacial score (nSPS) is 20.1. The molecule has 0 bridgehead atoms. The molecule has 8 heteroatoms. The molecule has 3 aliphatic heterocycles. The van der Waals surface area contributed by atoms with Crippen LogP contribution in [-0.2, 0) is 35.6 Å². The number of carboxylic acid groups (broad SMARTS) is 1. The molecule has 52 heavy (non-hydrogen) atoms. The maximum atomic E-state index is 13.2. The lowest BCUT2D eigenvalue weighted by Gasteiger charge is -2.42. The monoisotopic (exact) mass is 728 g/mol. The Morgan fingerprint density at radius 2 is 1.56 bits per heavy atom. The molecule has 2 fully saturated rings. The maximum Gasteiger partial charge on any atom is 0.337 e. The fraction of sp³-hybridized carbons (Fsp3) is 0.591. The minimum atomic E-state index is -1.14. The van der Waals surface area contributed by atoms with E-state index >= 15 is 0 Å². The lowest BCUT2D eigenvalue weighted by Crippen LogP contribution is -2.40. The molecule has 0 amide bonds. The van der Waals surface area contributed by atoms with E-state index in [1.54, 1.807) is 0 Å². The number of carbonyl (C=O) groups is 1. The highest BCUT2D eigenvalue weighted by Crippen LogP contribution is 2.46. The Labute approximate surface area is 317 Å². The van der Waals surface area contributed by atoms with Crippen LogP contribution in [0, 0.1) is 24.7 Å². The summed E-state index contributed by atoms with van der Waals surface area (Å²) in [5.74, 6) is -0.977. The number of fused-ring (bicyclic) bond motifs is 1. The second-order valence-corrected chi connectivity index (χ2v) is 18.7. The molecule has 6 rings (SSSR count). The summed E-state index contributed by atoms with van der Waals surface area (Å²) in [5, 5.41) is 11.6. The van der Waals surface area contributed by atoms with Gasteiger partial charge in [0.05, 0.1) is 17.0 Å². The van der Waals surface area contributed by atoms with Crippen LogP contribution in [0.5, 0.6) is 0 Å². The summed E-state index contributed by atoms with van der Waals surface area (Å²) < 4.78 is 6.42. The van der Waals surface area contributed by atoms with Gasteiger partial charge < -0.3 is 14.7 Å². The van der Waals surface area contributed by atoms with Crippen molar-refractivity contribution in [2.45, 2.75) is 126 Å². The zero-order chi connectivity index (χ0) is 37.6. The Bertz CT molecular complexity index is 1750. The lowest BCUT2D eigenvalue weighted by molar-refractivity contribution is -0.160. The van der Waals surface area contributed by atoms with Crippen LogP contribution in [0.15, 0.2) is 36.4 Å². The molecular weight excluding hydrogens is 668 g/mol. The summed E-state index contributed by atoms with van der Waals surface area (Å²) >= 11 is 6.65. The number of aromatic nitrogens is 1. The van der Waals surface area contributed by atoms with Crippen LogP contribution < -0.4 is 4.90 Å². The van der Waals surface area contributed by atoms with E-state index in [1.165, 1.54) is 22.3 Å². The molecule has 0 radical (unpaired) electrons. The number of likely N-dealkylation sites (tertiary alicyclic amines) is 1. The molecule has 1 aromatic heterocycles. The standard InChI is InChI=1S/C44H61ClN4O3/c1-29-11-10-12-35(45)34(29)27-48-20-15-31-25-32(13-14-33(31)26-48)38-36(28-47-21-16-43(6,7)17-22-47)46-30(2)37(40(41(50)51)52-42(3,4)5)39(38)49-23-18-44(8,9)19-24-49/h10-14,25,40H,15-24,26-28H2,1-9H3,(H,50,51). The van der Waals surface area contributed by atoms with Gasteiger partial charge in [0, 0.05) is 61.1 Å². The van der Waals surface area contributed by atoms with Gasteiger partial charge in [-0.3, -0.25) is 14.8 Å². The molecule has 1 unspecified atom stereocenters. The van der Waals surface area contributed by atoms with Crippen molar-refractivity contribution in [3.05, 3.63) is 80.6 Å². The smallest absolute Gasteiger partial charge is 0.337 e. The van der Waals surface area contributed by atoms with Gasteiger partial charge in [-0.05, 0) is 125 Å². The second kappa shape index (κ2) is 15.0. The number of benzene rings is 2. The molecule has 7 nitrogen and oxygen atoms in total. The first-order chi connectivity index (χ1) is 24.4. The van der Waals surface area contributed by atoms with Gasteiger partial charge in [0.2, 0.25) is 0 Å². The van der Waals surface area contributed by atoms with E-state index in [0.29, 0.717) is 11.0 Å². The average molecular weight is 729 g/mol. The molecule has 3 aromatic rings. The minimum absolute atomic E-state index is 0.233. The van der Waals surface area contributed by atoms with Crippen molar-refractivity contribution in [1.29, 1.82) is 0 Å². The maximum absolute atomic E-state index is 13.2. The van der Waals surface area contributed by atoms with Gasteiger partial charge >= 0.3 is 5.97 Å². The van der Waals surface area contributed by atoms with E-state index < -0.39 is 17.7 Å². The van der Waals surface area contributed by atoms with Crippen LogP contribution in [0.2, 0.25) is 5.02 Å². The Morgan fingerprint density at radius 3 is 2.17 bits per heavy atom. The number of nitrogens with zero attached hydrogens (tertiary/aromatic N) is 4. The number of anilines is 1. The van der Waals surface area contributed by atoms with Crippen molar-refractivity contribution in [3.63, 3.8) is 0 Å². The highest BCUT2D eigenvalue weighted by Gasteiger charge is 2.38. The lowest BCUT2D eigenvalue weighted by atomic mass is 9.81. The number of aryl methyl sites for hydroxylation is 2. The number of hydrogen-bond acceptors (Lipinski definition) is 6. The van der Waals surface area contributed by atoms with Crippen molar-refractivity contribution >= 4 is 23.3 Å². The molecule has 0 aliphatic carbocycles. The van der Waals surface area contributed by atoms with Gasteiger partial charge in [0.1, 0.15) is 0 Å². The van der Waals surface area contributed by atoms with Crippen LogP contribution in [0.1, 0.15) is 119 Å². The van der Waals surface area contributed by atoms with Gasteiger partial charge in [0.25, 0.3) is 0 Å². The fourth-order valence-electron chi connectivity index (χ4n) is 8.26. The number of halogens is 1. The van der Waals surface area contributed by atoms with E-state index in [2.05, 4.69) is 73.6 Å². The third-order valence-electron chi connectivity index (χ3n) is 11.8. The summed E-state index contributed by atoms with van der Waals surface area (Å²) in [4.78, 5) is 26.0. The molecule has 282 valence electrons. The number of rotatable bonds is 9. The van der Waals surface area contributed by atoms with Crippen molar-refractivity contribution < 1.29 is 14.6 Å². The molecule has 0 spiro atoms. The van der Waals surface area contributed by atoms with Gasteiger partial charge in [-0.25, -0.2) is 4.79 Å². The van der Waals surface area contributed by atoms with Crippen molar-refractivity contribution in [1.82, 2.24) is 14.8 Å². The predicted molar refractivity (Wildman–Crippen MR) is 213 cm³/mol. The molecule has 4 heterocycles. The molecule has 1 atom stereocenters. The zero-order valence-electron chi connectivity index (χ0n) is 33.2. The highest BCUT2D eigenvalue weighted by molar-refractivity contribution is 6.31. The first-order valence-electron chi connectivity index (χ1n) is 19.4. The van der Waals surface area contributed by atoms with Crippen molar-refractivity contribution in [3.8, 4) is 11.1 Å². The van der Waals surface area contributed by atoms with Gasteiger partial charge in [-0.2, -0.15) is 0 Å². The zero-order valence-corrected chi connectivity index (χ0v) is 33.9. The number of piperidine rings is 2. The second-order valence-electron chi connectivity index (χ2n) is 18.3. The Morgan fingerprint density at radius 1 is 0.904 bits per heavy atom. The first-order valence-corrected chi connectivity index (χ1v) is 19.8. The Kier molecular flexibility index (Phi) is 11.2. The van der Waals surface area contributed by atoms with E-state index in [4.69, 9.17) is 21.3 Å². The number of aliphatic carboxylic acids is 1. The van der Waals surface area contributed by atoms with E-state index in [1.807, 2.05) is 39.8 Å². The minimum Gasteiger partial charge on any atom is -0.479 e. The Hall–Kier alpha value is -2.97. The van der Waals surface area contributed by atoms with Crippen LogP contribution >= 0.6 is 11.6 Å². The third-order valence-corrected chi connectivity index (χ3v) is 12.1. The summed E-state index contributed by atoms with van der Waals surface area (Å²) in [5.41, 5.74) is 10.7. The molecule has 2 aromatic carbocycles. The van der Waals surface area contributed by atoms with Crippen LogP contribution in [-0.4, -0.2) is 64.2 Å². The van der Waals surface area contributed by atoms with Gasteiger partial charge in [-0.1, -0.05) is 69.6 Å². The number of ether oxygens (including phenoxy) is 1. The quantitative estimate of drug-likeness (QED) is 0.235. The number of pyridine rings is 1. The highest BCUT2D eigenvalue weighted by atomic mass is 35.5. The number of carboxylic acids is 1. The Balaban J connectivity index is 1.47. The van der Waals surface area contributed by atoms with Gasteiger partial charge in [0.15, 0.2) is 6.10 Å². The molecular formula is C44H61ClN4O3. The topological polar surface area (TPSA) is 69.1 Å². The molecule has 3 aliphatic rings. The summed E-state index contributed by atoms with van der Waals surface area (Å²) in [6, 6.07) is 13.1. The van der Waals surface area contributed by atoms with E-state index in [-0.39, 0.29) is 5.41 Å². The average Bonchev–Trinajstić information content (AvgIpc) is 3.06. The first kappa shape index (κ1) is 38.7. The van der Waals surface area contributed by atoms with E-state index in [0.717, 1.165) is 118 Å². The van der Waals surface area contributed by atoms with Crippen LogP contribution in [0.4, 0.5) is 5.69 Å². The summed E-state index contributed by atoms with van der Waals surface area (Å²) in [6.07, 6.45) is 4.17. The summed E-state index contributed by atoms with van der Waals surface area (Å²) in [7, 11) is 0. The molecule has 2 saturated heterocycles. The van der Waals surface area contributed by atoms with Crippen molar-refractivity contribution in [2.75, 3.05) is 37.6 Å². The SMILES string of the molecule is Cc1cccc(Cl)c1CN1CCc2cc(-c3c(CN4CCC(C)(C)CC4)nc(C)c(C(OC(C)(C)C)C(=O)O)c3N3CCC(C)(C)CC3)ccc2C1. The van der Waals surface area contributed by atoms with Gasteiger partial charge in [-0.15, -0.1) is 0 Å². The van der Waals surface area contributed by atoms with Crippen LogP contribution in [0.3, 0.4) is 0 Å². The van der Waals surface area contributed by atoms with E-state index in [9.17, 15) is 9.90 Å². The number of hydrogen-bond donors (Lipinski definition) is 1.